The van der Waals surface area contributed by atoms with Gasteiger partial charge in [-0.15, -0.1) is 0 Å². The van der Waals surface area contributed by atoms with E-state index < -0.39 is 0 Å². The smallest absolute Gasteiger partial charge is 0.0529 e. The minimum absolute atomic E-state index is 0.183. The van der Waals surface area contributed by atoms with Gasteiger partial charge in [-0.05, 0) is 34.4 Å². The fraction of sp³-hybridized carbons (Fsp3) is 0.154. The van der Waals surface area contributed by atoms with E-state index in [4.69, 9.17) is 9.97 Å². The summed E-state index contributed by atoms with van der Waals surface area (Å²) in [5, 5.41) is 0. The van der Waals surface area contributed by atoms with Crippen molar-refractivity contribution in [3.05, 3.63) is 107 Å². The van der Waals surface area contributed by atoms with Crippen LogP contribution < -0.4 is 0 Å². The Bertz CT molecular complexity index is 1140. The summed E-state index contributed by atoms with van der Waals surface area (Å²) in [7, 11) is 0. The van der Waals surface area contributed by atoms with Gasteiger partial charge in [-0.1, -0.05) is 67.6 Å². The van der Waals surface area contributed by atoms with Crippen molar-refractivity contribution in [1.82, 2.24) is 9.97 Å². The summed E-state index contributed by atoms with van der Waals surface area (Å²) in [6.07, 6.45) is 1.86. The van der Waals surface area contributed by atoms with Crippen LogP contribution in [0.15, 0.2) is 72.8 Å². The number of aromatic nitrogens is 2. The topological polar surface area (TPSA) is 25.8 Å². The highest BCUT2D eigenvalue weighted by Gasteiger charge is 2.23. The molecule has 2 nitrogen and oxygen atoms in total. The Morgan fingerprint density at radius 1 is 0.571 bits per heavy atom. The maximum atomic E-state index is 5.04. The SMILES string of the molecule is CC(c1ccc2c(n1)Cc1ccccc1-2)c1ccc2c(n1)Cc1ccccc1-2. The molecule has 0 saturated heterocycles. The van der Waals surface area contributed by atoms with Gasteiger partial charge in [-0.25, -0.2) is 0 Å². The minimum Gasteiger partial charge on any atom is -0.256 e. The van der Waals surface area contributed by atoms with Gasteiger partial charge in [0.05, 0.1) is 11.4 Å². The summed E-state index contributed by atoms with van der Waals surface area (Å²) >= 11 is 0. The Kier molecular flexibility index (Phi) is 3.30. The second-order valence-electron chi connectivity index (χ2n) is 7.85. The number of fused-ring (bicyclic) bond motifs is 6. The van der Waals surface area contributed by atoms with Gasteiger partial charge in [0.25, 0.3) is 0 Å². The van der Waals surface area contributed by atoms with Crippen LogP contribution in [0.4, 0.5) is 0 Å². The molecule has 0 atom stereocenters. The van der Waals surface area contributed by atoms with Gasteiger partial charge in [-0.3, -0.25) is 9.97 Å². The Morgan fingerprint density at radius 2 is 1.04 bits per heavy atom. The third kappa shape index (κ3) is 2.27. The minimum atomic E-state index is 0.183. The molecule has 4 aromatic rings. The molecule has 2 aliphatic carbocycles. The molecule has 28 heavy (non-hydrogen) atoms. The molecule has 0 N–H and O–H groups in total. The van der Waals surface area contributed by atoms with E-state index in [0.717, 1.165) is 24.2 Å². The monoisotopic (exact) mass is 360 g/mol. The van der Waals surface area contributed by atoms with Gasteiger partial charge in [0.1, 0.15) is 0 Å². The molecular formula is C26H20N2. The summed E-state index contributed by atoms with van der Waals surface area (Å²) in [6.45, 7) is 2.22. The van der Waals surface area contributed by atoms with E-state index in [1.165, 1.54) is 44.8 Å². The predicted molar refractivity (Wildman–Crippen MR) is 112 cm³/mol. The third-order valence-corrected chi connectivity index (χ3v) is 6.21. The highest BCUT2D eigenvalue weighted by molar-refractivity contribution is 5.76. The van der Waals surface area contributed by atoms with E-state index in [1.54, 1.807) is 0 Å². The molecule has 0 amide bonds. The van der Waals surface area contributed by atoms with Crippen molar-refractivity contribution in [1.29, 1.82) is 0 Å². The lowest BCUT2D eigenvalue weighted by Crippen LogP contribution is -2.05. The highest BCUT2D eigenvalue weighted by Crippen LogP contribution is 2.38. The maximum Gasteiger partial charge on any atom is 0.0529 e. The normalized spacial score (nSPS) is 13.2. The molecule has 0 radical (unpaired) electrons. The standard InChI is InChI=1S/C26H20N2/c1-16(23-12-10-21-19-8-4-2-6-17(19)14-25(21)27-23)24-13-11-22-20-9-5-3-7-18(20)15-26(22)28-24/h2-13,16H,14-15H2,1H3. The van der Waals surface area contributed by atoms with Gasteiger partial charge in [-0.2, -0.15) is 0 Å². The van der Waals surface area contributed by atoms with Crippen LogP contribution >= 0.6 is 0 Å². The Balaban J connectivity index is 1.35. The second-order valence-corrected chi connectivity index (χ2v) is 7.85. The number of rotatable bonds is 2. The summed E-state index contributed by atoms with van der Waals surface area (Å²) < 4.78 is 0. The Morgan fingerprint density at radius 3 is 1.54 bits per heavy atom. The highest BCUT2D eigenvalue weighted by atomic mass is 14.8. The van der Waals surface area contributed by atoms with E-state index in [9.17, 15) is 0 Å². The Hall–Kier alpha value is -3.26. The van der Waals surface area contributed by atoms with Crippen LogP contribution in [0.5, 0.6) is 0 Å². The van der Waals surface area contributed by atoms with Crippen molar-refractivity contribution in [2.75, 3.05) is 0 Å². The fourth-order valence-electron chi connectivity index (χ4n) is 4.67. The summed E-state index contributed by atoms with van der Waals surface area (Å²) in [6, 6.07) is 26.1. The maximum absolute atomic E-state index is 5.04. The van der Waals surface area contributed by atoms with E-state index in [-0.39, 0.29) is 5.92 Å². The van der Waals surface area contributed by atoms with Crippen molar-refractivity contribution in [2.45, 2.75) is 25.7 Å². The summed E-state index contributed by atoms with van der Waals surface area (Å²) in [5.74, 6) is 0.183. The molecule has 2 aromatic heterocycles. The molecule has 0 fully saturated rings. The van der Waals surface area contributed by atoms with Crippen LogP contribution in [0.1, 0.15) is 46.7 Å². The molecule has 0 bridgehead atoms. The molecule has 0 unspecified atom stereocenters. The number of benzene rings is 2. The molecule has 6 rings (SSSR count). The zero-order chi connectivity index (χ0) is 18.7. The van der Waals surface area contributed by atoms with Crippen molar-refractivity contribution in [2.24, 2.45) is 0 Å². The van der Waals surface area contributed by atoms with Gasteiger partial charge in [0.15, 0.2) is 0 Å². The summed E-state index contributed by atoms with van der Waals surface area (Å²) in [5.41, 5.74) is 12.6. The van der Waals surface area contributed by atoms with Gasteiger partial charge in [0.2, 0.25) is 0 Å². The van der Waals surface area contributed by atoms with Gasteiger partial charge >= 0.3 is 0 Å². The van der Waals surface area contributed by atoms with Crippen molar-refractivity contribution in [3.63, 3.8) is 0 Å². The average Bonchev–Trinajstić information content (AvgIpc) is 3.30. The first-order valence-corrected chi connectivity index (χ1v) is 9.94. The van der Waals surface area contributed by atoms with Crippen molar-refractivity contribution >= 4 is 0 Å². The molecule has 134 valence electrons. The largest absolute Gasteiger partial charge is 0.256 e. The number of hydrogen-bond acceptors (Lipinski definition) is 2. The molecule has 2 aliphatic rings. The lowest BCUT2D eigenvalue weighted by molar-refractivity contribution is 0.815. The van der Waals surface area contributed by atoms with E-state index in [1.807, 2.05) is 0 Å². The van der Waals surface area contributed by atoms with Crippen LogP contribution in [0.25, 0.3) is 22.3 Å². The zero-order valence-electron chi connectivity index (χ0n) is 15.8. The molecule has 2 aromatic carbocycles. The van der Waals surface area contributed by atoms with Crippen LogP contribution in [-0.4, -0.2) is 9.97 Å². The lowest BCUT2D eigenvalue weighted by atomic mass is 9.99. The third-order valence-electron chi connectivity index (χ3n) is 6.21. The average molecular weight is 360 g/mol. The van der Waals surface area contributed by atoms with Crippen LogP contribution in [0, 0.1) is 0 Å². The van der Waals surface area contributed by atoms with E-state index in [2.05, 4.69) is 79.7 Å². The van der Waals surface area contributed by atoms with Crippen LogP contribution in [0.3, 0.4) is 0 Å². The first kappa shape index (κ1) is 15.8. The number of hydrogen-bond donors (Lipinski definition) is 0. The molecule has 2 heteroatoms. The van der Waals surface area contributed by atoms with E-state index in [0.29, 0.717) is 0 Å². The molecule has 0 spiro atoms. The molecule has 0 aliphatic heterocycles. The number of nitrogens with zero attached hydrogens (tertiary/aromatic N) is 2. The first-order valence-electron chi connectivity index (χ1n) is 9.94. The van der Waals surface area contributed by atoms with Crippen LogP contribution in [0.2, 0.25) is 0 Å². The van der Waals surface area contributed by atoms with Gasteiger partial charge < -0.3 is 0 Å². The molecule has 0 saturated carbocycles. The van der Waals surface area contributed by atoms with Crippen molar-refractivity contribution in [3.8, 4) is 22.3 Å². The Labute approximate surface area is 164 Å². The molecular weight excluding hydrogens is 340 g/mol. The van der Waals surface area contributed by atoms with E-state index >= 15 is 0 Å². The predicted octanol–water partition coefficient (Wildman–Crippen LogP) is 5.77. The molecule has 2 heterocycles. The van der Waals surface area contributed by atoms with Crippen LogP contribution in [-0.2, 0) is 12.8 Å². The lowest BCUT2D eigenvalue weighted by Gasteiger charge is -2.13. The zero-order valence-corrected chi connectivity index (χ0v) is 15.8. The fourth-order valence-corrected chi connectivity index (χ4v) is 4.67. The number of pyridine rings is 2. The van der Waals surface area contributed by atoms with Crippen molar-refractivity contribution < 1.29 is 0 Å². The first-order chi connectivity index (χ1) is 13.8. The summed E-state index contributed by atoms with van der Waals surface area (Å²) in [4.78, 5) is 10.1. The second kappa shape index (κ2) is 5.87. The van der Waals surface area contributed by atoms with Gasteiger partial charge in [0, 0.05) is 41.3 Å². The quantitative estimate of drug-likeness (QED) is 0.392.